The van der Waals surface area contributed by atoms with Crippen LogP contribution in [0.4, 0.5) is 0 Å². The summed E-state index contributed by atoms with van der Waals surface area (Å²) in [6, 6.07) is -0.447. The lowest BCUT2D eigenvalue weighted by Crippen LogP contribution is -2.36. The first-order chi connectivity index (χ1) is 6.02. The number of nitrogens with zero attached hydrogens (tertiary/aromatic N) is 1. The second-order valence-electron chi connectivity index (χ2n) is 3.66. The molecular formula is C9H17NO3. The Bertz CT molecular complexity index is 170. The fraction of sp³-hybridized carbons (Fsp3) is 0.778. The first-order valence-electron chi connectivity index (χ1n) is 4.40. The predicted molar refractivity (Wildman–Crippen MR) is 48.2 cm³/mol. The third-order valence-corrected chi connectivity index (χ3v) is 2.06. The maximum absolute atomic E-state index is 10.6. The van der Waals surface area contributed by atoms with Gasteiger partial charge >= 0.3 is 0 Å². The summed E-state index contributed by atoms with van der Waals surface area (Å²) in [4.78, 5) is 20.9. The largest absolute Gasteiger partial charge is 0.303 e. The van der Waals surface area contributed by atoms with Crippen molar-refractivity contribution in [3.63, 3.8) is 0 Å². The third-order valence-electron chi connectivity index (χ3n) is 2.06. The summed E-state index contributed by atoms with van der Waals surface area (Å²) in [6.07, 6.45) is 1.79. The number of hydroxylamine groups is 2. The summed E-state index contributed by atoms with van der Waals surface area (Å²) in [6.45, 7) is 5.63. The minimum absolute atomic E-state index is 0.296. The predicted octanol–water partition coefficient (Wildman–Crippen LogP) is 1.08. The van der Waals surface area contributed by atoms with Crippen molar-refractivity contribution in [2.45, 2.75) is 33.2 Å². The second-order valence-corrected chi connectivity index (χ2v) is 3.66. The van der Waals surface area contributed by atoms with Gasteiger partial charge in [0.15, 0.2) is 0 Å². The molecule has 0 aliphatic carbocycles. The van der Waals surface area contributed by atoms with E-state index >= 15 is 0 Å². The summed E-state index contributed by atoms with van der Waals surface area (Å²) in [7, 11) is 0. The van der Waals surface area contributed by atoms with Crippen LogP contribution in [-0.2, 0) is 9.59 Å². The van der Waals surface area contributed by atoms with Crippen LogP contribution in [-0.4, -0.2) is 29.0 Å². The van der Waals surface area contributed by atoms with Gasteiger partial charge in [0.1, 0.15) is 6.29 Å². The first kappa shape index (κ1) is 12.1. The van der Waals surface area contributed by atoms with E-state index in [1.807, 2.05) is 13.8 Å². The van der Waals surface area contributed by atoms with Crippen molar-refractivity contribution in [1.82, 2.24) is 5.06 Å². The number of carbonyl (C=O) groups is 2. The fourth-order valence-electron chi connectivity index (χ4n) is 1.20. The number of hydrogen-bond acceptors (Lipinski definition) is 3. The van der Waals surface area contributed by atoms with Crippen LogP contribution >= 0.6 is 0 Å². The highest BCUT2D eigenvalue weighted by Crippen LogP contribution is 2.15. The number of aldehydes is 1. The third kappa shape index (κ3) is 4.03. The van der Waals surface area contributed by atoms with Crippen LogP contribution in [0.1, 0.15) is 27.2 Å². The monoisotopic (exact) mass is 187 g/mol. The standard InChI is InChI=1S/C9H17NO3/c1-7(2)4-9(5-11)8(3)10(13)6-12/h5-9,13H,4H2,1-3H3. The average molecular weight is 187 g/mol. The molecule has 0 saturated heterocycles. The number of rotatable bonds is 6. The number of amides is 1. The van der Waals surface area contributed by atoms with Gasteiger partial charge in [-0.15, -0.1) is 0 Å². The molecule has 0 aliphatic rings. The molecule has 0 aromatic heterocycles. The van der Waals surface area contributed by atoms with E-state index in [1.165, 1.54) is 0 Å². The van der Waals surface area contributed by atoms with E-state index in [0.29, 0.717) is 23.8 Å². The van der Waals surface area contributed by atoms with Gasteiger partial charge in [0.25, 0.3) is 0 Å². The smallest absolute Gasteiger partial charge is 0.233 e. The Kier molecular flexibility index (Phi) is 5.30. The molecule has 0 bridgehead atoms. The Hall–Kier alpha value is -0.900. The minimum Gasteiger partial charge on any atom is -0.303 e. The van der Waals surface area contributed by atoms with Crippen molar-refractivity contribution in [2.75, 3.05) is 0 Å². The van der Waals surface area contributed by atoms with Crippen molar-refractivity contribution in [1.29, 1.82) is 0 Å². The van der Waals surface area contributed by atoms with Crippen molar-refractivity contribution in [3.8, 4) is 0 Å². The molecule has 13 heavy (non-hydrogen) atoms. The molecule has 76 valence electrons. The highest BCUT2D eigenvalue weighted by Gasteiger charge is 2.22. The zero-order valence-corrected chi connectivity index (χ0v) is 8.30. The van der Waals surface area contributed by atoms with Gasteiger partial charge in [-0.25, -0.2) is 5.06 Å². The Morgan fingerprint density at radius 2 is 1.85 bits per heavy atom. The molecule has 1 N–H and O–H groups in total. The Balaban J connectivity index is 4.21. The molecule has 0 aliphatic heterocycles. The zero-order chi connectivity index (χ0) is 10.4. The molecule has 0 radical (unpaired) electrons. The molecule has 0 rings (SSSR count). The van der Waals surface area contributed by atoms with Crippen molar-refractivity contribution in [2.24, 2.45) is 11.8 Å². The maximum Gasteiger partial charge on any atom is 0.233 e. The van der Waals surface area contributed by atoms with Gasteiger partial charge in [-0.2, -0.15) is 0 Å². The van der Waals surface area contributed by atoms with Crippen LogP contribution in [0.15, 0.2) is 0 Å². The van der Waals surface area contributed by atoms with Crippen molar-refractivity contribution < 1.29 is 14.8 Å². The first-order valence-corrected chi connectivity index (χ1v) is 4.40. The molecule has 2 atom stereocenters. The molecule has 1 amide bonds. The van der Waals surface area contributed by atoms with Crippen LogP contribution in [0.2, 0.25) is 0 Å². The van der Waals surface area contributed by atoms with E-state index < -0.39 is 6.04 Å². The van der Waals surface area contributed by atoms with Gasteiger partial charge in [-0.05, 0) is 19.3 Å². The summed E-state index contributed by atoms with van der Waals surface area (Å²) in [5.74, 6) is 0.0768. The minimum atomic E-state index is -0.447. The van der Waals surface area contributed by atoms with Crippen LogP contribution in [0.25, 0.3) is 0 Å². The van der Waals surface area contributed by atoms with Crippen molar-refractivity contribution >= 4 is 12.7 Å². The van der Waals surface area contributed by atoms with Crippen LogP contribution in [0.5, 0.6) is 0 Å². The molecule has 0 saturated carbocycles. The van der Waals surface area contributed by atoms with E-state index in [0.717, 1.165) is 6.29 Å². The van der Waals surface area contributed by atoms with Gasteiger partial charge in [-0.1, -0.05) is 13.8 Å². The topological polar surface area (TPSA) is 57.6 Å². The summed E-state index contributed by atoms with van der Waals surface area (Å²) in [5, 5.41) is 9.59. The summed E-state index contributed by atoms with van der Waals surface area (Å²) < 4.78 is 0. The Morgan fingerprint density at radius 3 is 2.15 bits per heavy atom. The van der Waals surface area contributed by atoms with Gasteiger partial charge in [0.05, 0.1) is 6.04 Å². The second kappa shape index (κ2) is 5.70. The van der Waals surface area contributed by atoms with E-state index in [2.05, 4.69) is 0 Å². The lowest BCUT2D eigenvalue weighted by molar-refractivity contribution is -0.164. The van der Waals surface area contributed by atoms with Crippen molar-refractivity contribution in [3.05, 3.63) is 0 Å². The Labute approximate surface area is 78.5 Å². The zero-order valence-electron chi connectivity index (χ0n) is 8.30. The van der Waals surface area contributed by atoms with E-state index in [-0.39, 0.29) is 5.92 Å². The highest BCUT2D eigenvalue weighted by molar-refractivity contribution is 5.56. The lowest BCUT2D eigenvalue weighted by atomic mass is 9.92. The van der Waals surface area contributed by atoms with E-state index in [4.69, 9.17) is 5.21 Å². The molecule has 0 aromatic rings. The molecule has 0 fully saturated rings. The van der Waals surface area contributed by atoms with E-state index in [9.17, 15) is 9.59 Å². The highest BCUT2D eigenvalue weighted by atomic mass is 16.5. The van der Waals surface area contributed by atoms with Gasteiger partial charge in [0, 0.05) is 5.92 Å². The lowest BCUT2D eigenvalue weighted by Gasteiger charge is -2.24. The average Bonchev–Trinajstić information content (AvgIpc) is 2.11. The number of carbonyl (C=O) groups excluding carboxylic acids is 2. The summed E-state index contributed by atoms with van der Waals surface area (Å²) >= 11 is 0. The molecule has 0 spiro atoms. The van der Waals surface area contributed by atoms with Gasteiger partial charge < -0.3 is 4.79 Å². The quantitative estimate of drug-likeness (QED) is 0.384. The molecule has 4 heteroatoms. The van der Waals surface area contributed by atoms with E-state index in [1.54, 1.807) is 6.92 Å². The molecular weight excluding hydrogens is 170 g/mol. The molecule has 0 aromatic carbocycles. The summed E-state index contributed by atoms with van der Waals surface area (Å²) in [5.41, 5.74) is 0. The van der Waals surface area contributed by atoms with Crippen LogP contribution < -0.4 is 0 Å². The number of hydrogen-bond donors (Lipinski definition) is 1. The Morgan fingerprint density at radius 1 is 1.31 bits per heavy atom. The van der Waals surface area contributed by atoms with Gasteiger partial charge in [0.2, 0.25) is 6.41 Å². The fourth-order valence-corrected chi connectivity index (χ4v) is 1.20. The normalized spacial score (nSPS) is 15.2. The maximum atomic E-state index is 10.6. The van der Waals surface area contributed by atoms with Gasteiger partial charge in [-0.3, -0.25) is 10.0 Å². The SMILES string of the molecule is CC(C)CC(C=O)C(C)N(O)C=O. The van der Waals surface area contributed by atoms with Crippen LogP contribution in [0, 0.1) is 11.8 Å². The van der Waals surface area contributed by atoms with Crippen LogP contribution in [0.3, 0.4) is 0 Å². The molecule has 4 nitrogen and oxygen atoms in total. The molecule has 0 heterocycles. The molecule has 2 unspecified atom stereocenters.